The quantitative estimate of drug-likeness (QED) is 0.487. The maximum atomic E-state index is 6.55. The molecule has 1 saturated heterocycles. The van der Waals surface area contributed by atoms with Crippen LogP contribution in [0.15, 0.2) is 24.5 Å². The number of H-pyrrole nitrogens is 1. The highest BCUT2D eigenvalue weighted by atomic mass is 35.5. The van der Waals surface area contributed by atoms with Gasteiger partial charge in [-0.05, 0) is 31.0 Å². The fraction of sp³-hybridized carbons (Fsp3) is 0.458. The molecule has 0 atom stereocenters. The van der Waals surface area contributed by atoms with E-state index in [4.69, 9.17) is 21.3 Å². The first-order valence-corrected chi connectivity index (χ1v) is 12.0. The Balaban J connectivity index is 1.30. The van der Waals surface area contributed by atoms with Crippen molar-refractivity contribution < 1.29 is 4.74 Å². The van der Waals surface area contributed by atoms with Crippen LogP contribution >= 0.6 is 11.6 Å². The van der Waals surface area contributed by atoms with Crippen molar-refractivity contribution in [2.75, 3.05) is 43.5 Å². The van der Waals surface area contributed by atoms with Crippen molar-refractivity contribution in [3.05, 3.63) is 35.1 Å². The minimum Gasteiger partial charge on any atom is -0.379 e. The Bertz CT molecular complexity index is 1160. The number of aromatic amines is 1. The van der Waals surface area contributed by atoms with E-state index >= 15 is 0 Å². The van der Waals surface area contributed by atoms with Crippen LogP contribution in [0.4, 0.5) is 17.5 Å². The molecule has 1 saturated carbocycles. The molecule has 2 aliphatic rings. The highest BCUT2D eigenvalue weighted by Crippen LogP contribution is 2.28. The number of halogens is 1. The van der Waals surface area contributed by atoms with Gasteiger partial charge in [0.05, 0.1) is 36.8 Å². The lowest BCUT2D eigenvalue weighted by Gasteiger charge is -2.24. The zero-order valence-electron chi connectivity index (χ0n) is 18.5. The molecule has 2 aromatic heterocycles. The number of hydrogen-bond donors (Lipinski definition) is 3. The second-order valence-electron chi connectivity index (χ2n) is 8.48. The Morgan fingerprint density at radius 3 is 2.82 bits per heavy atom. The summed E-state index contributed by atoms with van der Waals surface area (Å²) in [6.45, 7) is 4.14. The maximum Gasteiger partial charge on any atom is 0.231 e. The molecule has 33 heavy (non-hydrogen) atoms. The number of rotatable bonds is 5. The summed E-state index contributed by atoms with van der Waals surface area (Å²) >= 11 is 6.55. The first kappa shape index (κ1) is 22.0. The van der Waals surface area contributed by atoms with Crippen LogP contribution < -0.4 is 10.6 Å². The summed E-state index contributed by atoms with van der Waals surface area (Å²) in [7, 11) is 0. The van der Waals surface area contributed by atoms with E-state index in [0.717, 1.165) is 68.3 Å². The molecule has 1 aromatic carbocycles. The average Bonchev–Trinajstić information content (AvgIpc) is 3.31. The maximum absolute atomic E-state index is 6.55. The molecule has 0 bridgehead atoms. The molecule has 0 unspecified atom stereocenters. The van der Waals surface area contributed by atoms with Gasteiger partial charge in [0.1, 0.15) is 5.52 Å². The number of morpholine rings is 1. The van der Waals surface area contributed by atoms with Crippen LogP contribution in [-0.2, 0) is 4.74 Å². The summed E-state index contributed by atoms with van der Waals surface area (Å²) in [5.41, 5.74) is 3.05. The molecule has 172 valence electrons. The molecular formula is C24H28ClN7O. The topological polar surface area (TPSA) is 91.0 Å². The fourth-order valence-electron chi connectivity index (χ4n) is 4.26. The van der Waals surface area contributed by atoms with Gasteiger partial charge in [-0.3, -0.25) is 4.90 Å². The monoisotopic (exact) mass is 465 g/mol. The molecule has 9 heteroatoms. The normalized spacial score (nSPS) is 17.5. The smallest absolute Gasteiger partial charge is 0.231 e. The van der Waals surface area contributed by atoms with Crippen molar-refractivity contribution >= 4 is 40.2 Å². The zero-order chi connectivity index (χ0) is 22.5. The van der Waals surface area contributed by atoms with Crippen molar-refractivity contribution in [2.24, 2.45) is 0 Å². The third-order valence-corrected chi connectivity index (χ3v) is 6.39. The third kappa shape index (κ3) is 5.56. The van der Waals surface area contributed by atoms with Gasteiger partial charge in [0.25, 0.3) is 0 Å². The number of fused-ring (bicyclic) bond motifs is 1. The predicted molar refractivity (Wildman–Crippen MR) is 131 cm³/mol. The standard InChI is InChI=1S/C24H28ClN7O/c25-19-15-17(5-4-10-32-11-13-33-14-12-32)8-9-20(19)29-24-30-22-21(26-16-27-22)23(31-24)28-18-6-2-1-3-7-18/h8-9,15-16,18H,1-3,6-7,10-14H2,(H3,26,27,28,29,30,31). The molecule has 0 spiro atoms. The number of nitrogens with zero attached hydrogens (tertiary/aromatic N) is 4. The highest BCUT2D eigenvalue weighted by molar-refractivity contribution is 6.33. The van der Waals surface area contributed by atoms with Crippen molar-refractivity contribution in [3.63, 3.8) is 0 Å². The van der Waals surface area contributed by atoms with Crippen molar-refractivity contribution in [2.45, 2.75) is 38.1 Å². The minimum absolute atomic E-state index is 0.417. The lowest BCUT2D eigenvalue weighted by Crippen LogP contribution is -2.36. The van der Waals surface area contributed by atoms with Crippen molar-refractivity contribution in [3.8, 4) is 11.8 Å². The lowest BCUT2D eigenvalue weighted by molar-refractivity contribution is 0.0443. The molecule has 1 aliphatic heterocycles. The van der Waals surface area contributed by atoms with Crippen LogP contribution in [0.5, 0.6) is 0 Å². The van der Waals surface area contributed by atoms with Gasteiger partial charge >= 0.3 is 0 Å². The molecule has 3 heterocycles. The van der Waals surface area contributed by atoms with Gasteiger partial charge < -0.3 is 20.4 Å². The van der Waals surface area contributed by atoms with Gasteiger partial charge in [-0.15, -0.1) is 0 Å². The van der Waals surface area contributed by atoms with Gasteiger partial charge in [0, 0.05) is 24.7 Å². The first-order valence-electron chi connectivity index (χ1n) is 11.6. The number of ether oxygens (including phenoxy) is 1. The van der Waals surface area contributed by atoms with Crippen molar-refractivity contribution in [1.82, 2.24) is 24.8 Å². The van der Waals surface area contributed by atoms with Gasteiger partial charge in [0.2, 0.25) is 5.95 Å². The van der Waals surface area contributed by atoms with E-state index in [2.05, 4.69) is 42.3 Å². The first-order chi connectivity index (χ1) is 16.2. The number of aromatic nitrogens is 4. The van der Waals surface area contributed by atoms with E-state index in [1.807, 2.05) is 18.2 Å². The van der Waals surface area contributed by atoms with Gasteiger partial charge in [-0.1, -0.05) is 42.7 Å². The van der Waals surface area contributed by atoms with E-state index in [1.165, 1.54) is 19.3 Å². The van der Waals surface area contributed by atoms with Crippen LogP contribution in [0, 0.1) is 11.8 Å². The Labute approximate surface area is 198 Å². The minimum atomic E-state index is 0.417. The fourth-order valence-corrected chi connectivity index (χ4v) is 4.49. The molecule has 2 fully saturated rings. The second-order valence-corrected chi connectivity index (χ2v) is 8.89. The second kappa shape index (κ2) is 10.4. The number of imidazole rings is 1. The highest BCUT2D eigenvalue weighted by Gasteiger charge is 2.18. The van der Waals surface area contributed by atoms with E-state index in [9.17, 15) is 0 Å². The Hall–Kier alpha value is -2.86. The summed E-state index contributed by atoms with van der Waals surface area (Å²) in [6, 6.07) is 6.15. The third-order valence-electron chi connectivity index (χ3n) is 6.08. The largest absolute Gasteiger partial charge is 0.379 e. The van der Waals surface area contributed by atoms with Crippen LogP contribution in [0.3, 0.4) is 0 Å². The van der Waals surface area contributed by atoms with Gasteiger partial charge in [-0.25, -0.2) is 4.98 Å². The lowest BCUT2D eigenvalue weighted by atomic mass is 9.95. The van der Waals surface area contributed by atoms with Crippen LogP contribution in [0.1, 0.15) is 37.7 Å². The predicted octanol–water partition coefficient (Wildman–Crippen LogP) is 4.18. The number of benzene rings is 1. The van der Waals surface area contributed by atoms with E-state index < -0.39 is 0 Å². The number of anilines is 3. The number of hydrogen-bond acceptors (Lipinski definition) is 7. The van der Waals surface area contributed by atoms with Crippen LogP contribution in [0.2, 0.25) is 5.02 Å². The molecule has 1 aliphatic carbocycles. The van der Waals surface area contributed by atoms with E-state index in [0.29, 0.717) is 22.7 Å². The Morgan fingerprint density at radius 2 is 2.00 bits per heavy atom. The van der Waals surface area contributed by atoms with Gasteiger partial charge in [-0.2, -0.15) is 9.97 Å². The molecule has 0 amide bonds. The summed E-state index contributed by atoms with van der Waals surface area (Å²) < 4.78 is 5.37. The Morgan fingerprint density at radius 1 is 1.15 bits per heavy atom. The van der Waals surface area contributed by atoms with Gasteiger partial charge in [0.15, 0.2) is 11.5 Å². The summed E-state index contributed by atoms with van der Waals surface area (Å²) in [5, 5.41) is 7.40. The summed E-state index contributed by atoms with van der Waals surface area (Å²) in [5.74, 6) is 7.65. The summed E-state index contributed by atoms with van der Waals surface area (Å²) in [4.78, 5) is 19.1. The summed E-state index contributed by atoms with van der Waals surface area (Å²) in [6.07, 6.45) is 7.74. The number of nitrogens with one attached hydrogen (secondary N) is 3. The van der Waals surface area contributed by atoms with E-state index in [-0.39, 0.29) is 0 Å². The molecule has 3 aromatic rings. The van der Waals surface area contributed by atoms with Crippen molar-refractivity contribution in [1.29, 1.82) is 0 Å². The molecular weight excluding hydrogens is 438 g/mol. The van der Waals surface area contributed by atoms with Crippen LogP contribution in [-0.4, -0.2) is 63.7 Å². The average molecular weight is 466 g/mol. The van der Waals surface area contributed by atoms with E-state index in [1.54, 1.807) is 6.33 Å². The SMILES string of the molecule is Clc1cc(C#CCN2CCOCC2)ccc1Nc1nc(NC2CCCCC2)c2nc[nH]c2n1. The molecule has 3 N–H and O–H groups in total. The molecule has 8 nitrogen and oxygen atoms in total. The zero-order valence-corrected chi connectivity index (χ0v) is 19.3. The Kier molecular flexibility index (Phi) is 6.91. The molecule has 0 radical (unpaired) electrons. The molecule has 5 rings (SSSR count). The van der Waals surface area contributed by atoms with Crippen LogP contribution in [0.25, 0.3) is 11.2 Å².